The van der Waals surface area contributed by atoms with E-state index in [1.165, 1.54) is 25.2 Å². The highest BCUT2D eigenvalue weighted by molar-refractivity contribution is 6.31. The molecule has 198 valence electrons. The van der Waals surface area contributed by atoms with Crippen LogP contribution in [0.2, 0.25) is 5.02 Å². The zero-order valence-corrected chi connectivity index (χ0v) is 20.3. The van der Waals surface area contributed by atoms with Gasteiger partial charge < -0.3 is 19.9 Å². The van der Waals surface area contributed by atoms with E-state index in [2.05, 4.69) is 5.32 Å². The molecule has 2 aromatic carbocycles. The molecular formula is C23H22ClF3N4O6. The Hall–Kier alpha value is -3.87. The molecule has 1 fully saturated rings. The normalized spacial score (nSPS) is 13.3. The summed E-state index contributed by atoms with van der Waals surface area (Å²) < 4.78 is 44.1. The summed E-state index contributed by atoms with van der Waals surface area (Å²) in [6.07, 6.45) is -2.93. The number of halogens is 4. The SMILES string of the molecule is CN(CC(=O)Nc1ccc(Cl)c(C(F)(F)F)c1)C(=O)COC(=O)c1cc([N+](=O)[O-])ccc1N1CCCC1. The van der Waals surface area contributed by atoms with Crippen LogP contribution in [0.5, 0.6) is 0 Å². The number of carbonyl (C=O) groups excluding carboxylic acids is 3. The first-order valence-electron chi connectivity index (χ1n) is 11.0. The molecule has 1 aliphatic heterocycles. The number of rotatable bonds is 8. The molecule has 0 aromatic heterocycles. The minimum absolute atomic E-state index is 0.0625. The van der Waals surface area contributed by atoms with Crippen LogP contribution < -0.4 is 10.2 Å². The number of hydrogen-bond donors (Lipinski definition) is 1. The molecule has 0 radical (unpaired) electrons. The predicted octanol–water partition coefficient (Wildman–Crippen LogP) is 4.12. The average molecular weight is 543 g/mol. The van der Waals surface area contributed by atoms with Gasteiger partial charge in [0.2, 0.25) is 5.91 Å². The van der Waals surface area contributed by atoms with Crippen LogP contribution in [0, 0.1) is 10.1 Å². The molecule has 1 saturated heterocycles. The Balaban J connectivity index is 1.60. The lowest BCUT2D eigenvalue weighted by Gasteiger charge is -2.21. The van der Waals surface area contributed by atoms with Crippen LogP contribution in [0.25, 0.3) is 0 Å². The largest absolute Gasteiger partial charge is 0.452 e. The lowest BCUT2D eigenvalue weighted by molar-refractivity contribution is -0.384. The van der Waals surface area contributed by atoms with Crippen molar-refractivity contribution in [2.75, 3.05) is 43.5 Å². The fraction of sp³-hybridized carbons (Fsp3) is 0.348. The number of nitro groups is 1. The molecule has 0 unspecified atom stereocenters. The second-order valence-corrected chi connectivity index (χ2v) is 8.63. The van der Waals surface area contributed by atoms with Gasteiger partial charge in [-0.25, -0.2) is 4.79 Å². The highest BCUT2D eigenvalue weighted by Gasteiger charge is 2.33. The smallest absolute Gasteiger partial charge is 0.417 e. The van der Waals surface area contributed by atoms with Crippen LogP contribution >= 0.6 is 11.6 Å². The summed E-state index contributed by atoms with van der Waals surface area (Å²) in [5.74, 6) is -2.52. The van der Waals surface area contributed by atoms with E-state index in [4.69, 9.17) is 16.3 Å². The van der Waals surface area contributed by atoms with Gasteiger partial charge in [0.25, 0.3) is 11.6 Å². The van der Waals surface area contributed by atoms with Gasteiger partial charge in [0.15, 0.2) is 6.61 Å². The fourth-order valence-corrected chi connectivity index (χ4v) is 3.90. The van der Waals surface area contributed by atoms with Crippen molar-refractivity contribution in [3.8, 4) is 0 Å². The van der Waals surface area contributed by atoms with Crippen molar-refractivity contribution in [1.82, 2.24) is 4.90 Å². The van der Waals surface area contributed by atoms with Crippen LogP contribution in [-0.4, -0.2) is 60.9 Å². The first kappa shape index (κ1) is 27.7. The first-order valence-corrected chi connectivity index (χ1v) is 11.4. The lowest BCUT2D eigenvalue weighted by Crippen LogP contribution is -2.37. The van der Waals surface area contributed by atoms with E-state index in [0.29, 0.717) is 24.8 Å². The molecule has 0 spiro atoms. The van der Waals surface area contributed by atoms with E-state index in [1.807, 2.05) is 4.90 Å². The van der Waals surface area contributed by atoms with Crippen LogP contribution in [0.4, 0.5) is 30.2 Å². The summed E-state index contributed by atoms with van der Waals surface area (Å²) in [6, 6.07) is 6.65. The van der Waals surface area contributed by atoms with Gasteiger partial charge in [-0.05, 0) is 37.1 Å². The number of nitro benzene ring substituents is 1. The number of esters is 1. The van der Waals surface area contributed by atoms with E-state index >= 15 is 0 Å². The zero-order chi connectivity index (χ0) is 27.3. The number of non-ortho nitro benzene ring substituents is 1. The van der Waals surface area contributed by atoms with Gasteiger partial charge in [-0.15, -0.1) is 0 Å². The van der Waals surface area contributed by atoms with Crippen molar-refractivity contribution in [3.63, 3.8) is 0 Å². The Morgan fingerprint density at radius 3 is 2.46 bits per heavy atom. The number of hydrogen-bond acceptors (Lipinski definition) is 7. The van der Waals surface area contributed by atoms with E-state index < -0.39 is 52.6 Å². The zero-order valence-electron chi connectivity index (χ0n) is 19.5. The van der Waals surface area contributed by atoms with E-state index in [0.717, 1.165) is 29.9 Å². The summed E-state index contributed by atoms with van der Waals surface area (Å²) >= 11 is 5.56. The molecule has 1 aliphatic rings. The van der Waals surface area contributed by atoms with Gasteiger partial charge in [-0.1, -0.05) is 11.6 Å². The van der Waals surface area contributed by atoms with E-state index in [9.17, 15) is 37.7 Å². The Morgan fingerprint density at radius 1 is 1.16 bits per heavy atom. The van der Waals surface area contributed by atoms with Crippen LogP contribution in [0.15, 0.2) is 36.4 Å². The molecule has 0 saturated carbocycles. The first-order chi connectivity index (χ1) is 17.4. The summed E-state index contributed by atoms with van der Waals surface area (Å²) in [7, 11) is 1.24. The second kappa shape index (κ2) is 11.5. The summed E-state index contributed by atoms with van der Waals surface area (Å²) in [5.41, 5.74) is -1.22. The molecule has 2 amide bonds. The Bertz CT molecular complexity index is 1220. The molecule has 37 heavy (non-hydrogen) atoms. The Kier molecular flexibility index (Phi) is 8.58. The third-order valence-corrected chi connectivity index (χ3v) is 5.88. The van der Waals surface area contributed by atoms with Crippen molar-refractivity contribution < 1.29 is 37.2 Å². The molecular weight excluding hydrogens is 521 g/mol. The summed E-state index contributed by atoms with van der Waals surface area (Å²) in [6.45, 7) is 0.0139. The standard InChI is InChI=1S/C23H22ClF3N4O6/c1-29(12-20(32)28-14-4-6-18(24)17(10-14)23(25,26)27)21(33)13-37-22(34)16-11-15(31(35)36)5-7-19(16)30-8-2-3-9-30/h4-7,10-11H,2-3,8-9,12-13H2,1H3,(H,28,32). The average Bonchev–Trinajstić information content (AvgIpc) is 3.37. The second-order valence-electron chi connectivity index (χ2n) is 8.22. The number of alkyl halides is 3. The molecule has 3 rings (SSSR count). The number of nitrogens with one attached hydrogen (secondary N) is 1. The van der Waals surface area contributed by atoms with E-state index in [-0.39, 0.29) is 16.9 Å². The third kappa shape index (κ3) is 7.09. The molecule has 1 N–H and O–H groups in total. The third-order valence-electron chi connectivity index (χ3n) is 5.55. The highest BCUT2D eigenvalue weighted by Crippen LogP contribution is 2.36. The van der Waals surface area contributed by atoms with Crippen LogP contribution in [0.1, 0.15) is 28.8 Å². The van der Waals surface area contributed by atoms with Gasteiger partial charge in [0.05, 0.1) is 33.3 Å². The van der Waals surface area contributed by atoms with Gasteiger partial charge >= 0.3 is 12.1 Å². The summed E-state index contributed by atoms with van der Waals surface area (Å²) in [5, 5.41) is 12.9. The molecule has 10 nitrogen and oxygen atoms in total. The predicted molar refractivity (Wildman–Crippen MR) is 128 cm³/mol. The number of amides is 2. The number of carbonyl (C=O) groups is 3. The number of ether oxygens (including phenoxy) is 1. The Labute approximate surface area is 214 Å². The topological polar surface area (TPSA) is 122 Å². The quantitative estimate of drug-likeness (QED) is 0.302. The van der Waals surface area contributed by atoms with Crippen LogP contribution in [0.3, 0.4) is 0 Å². The van der Waals surface area contributed by atoms with Gasteiger partial charge in [-0.3, -0.25) is 19.7 Å². The maximum atomic E-state index is 13.0. The highest BCUT2D eigenvalue weighted by atomic mass is 35.5. The van der Waals surface area contributed by atoms with Crippen molar-refractivity contribution in [3.05, 3.63) is 62.7 Å². The number of likely N-dealkylation sites (N-methyl/N-ethyl adjacent to an activating group) is 1. The van der Waals surface area contributed by atoms with Crippen molar-refractivity contribution >= 4 is 46.4 Å². The molecule has 2 aromatic rings. The molecule has 0 atom stereocenters. The minimum atomic E-state index is -4.72. The number of anilines is 2. The van der Waals surface area contributed by atoms with Crippen molar-refractivity contribution in [2.24, 2.45) is 0 Å². The van der Waals surface area contributed by atoms with Crippen molar-refractivity contribution in [2.45, 2.75) is 19.0 Å². The van der Waals surface area contributed by atoms with Gasteiger partial charge in [0, 0.05) is 38.0 Å². The minimum Gasteiger partial charge on any atom is -0.452 e. The molecule has 0 aliphatic carbocycles. The monoisotopic (exact) mass is 542 g/mol. The molecule has 1 heterocycles. The number of nitrogens with zero attached hydrogens (tertiary/aromatic N) is 3. The Morgan fingerprint density at radius 2 is 1.84 bits per heavy atom. The van der Waals surface area contributed by atoms with Gasteiger partial charge in [-0.2, -0.15) is 13.2 Å². The molecule has 14 heteroatoms. The fourth-order valence-electron chi connectivity index (χ4n) is 3.67. The van der Waals surface area contributed by atoms with Crippen molar-refractivity contribution in [1.29, 1.82) is 0 Å². The van der Waals surface area contributed by atoms with E-state index in [1.54, 1.807) is 0 Å². The van der Waals surface area contributed by atoms with Gasteiger partial charge in [0.1, 0.15) is 0 Å². The van der Waals surface area contributed by atoms with Crippen LogP contribution in [-0.2, 0) is 20.5 Å². The lowest BCUT2D eigenvalue weighted by atomic mass is 10.1. The molecule has 0 bridgehead atoms. The maximum absolute atomic E-state index is 13.0. The maximum Gasteiger partial charge on any atom is 0.417 e. The number of benzene rings is 2. The summed E-state index contributed by atoms with van der Waals surface area (Å²) in [4.78, 5) is 50.6.